The monoisotopic (exact) mass is 267 g/mol. The third-order valence-electron chi connectivity index (χ3n) is 2.62. The van der Waals surface area contributed by atoms with Crippen molar-refractivity contribution in [1.82, 2.24) is 8.75 Å². The molecule has 0 radical (unpaired) electrons. The van der Waals surface area contributed by atoms with Crippen molar-refractivity contribution in [1.29, 1.82) is 0 Å². The van der Waals surface area contributed by atoms with Gasteiger partial charge in [0.05, 0.1) is 22.7 Å². The summed E-state index contributed by atoms with van der Waals surface area (Å²) in [5.74, 6) is 0.705. The first-order valence-corrected chi connectivity index (χ1v) is 7.29. The Morgan fingerprint density at radius 2 is 2.27 bits per heavy atom. The van der Waals surface area contributed by atoms with Crippen molar-refractivity contribution in [3.8, 4) is 0 Å². The average molecular weight is 268 g/mol. The Hall–Kier alpha value is -0.400. The second-order valence-corrected chi connectivity index (χ2v) is 6.88. The van der Waals surface area contributed by atoms with E-state index in [1.807, 2.05) is 0 Å². The highest BCUT2D eigenvalue weighted by Crippen LogP contribution is 2.26. The van der Waals surface area contributed by atoms with Crippen LogP contribution in [0.4, 0.5) is 5.82 Å². The fourth-order valence-electron chi connectivity index (χ4n) is 1.59. The molecule has 0 aromatic carbocycles. The van der Waals surface area contributed by atoms with E-state index in [0.29, 0.717) is 17.4 Å². The fraction of sp³-hybridized carbons (Fsp3) is 0.714. The van der Waals surface area contributed by atoms with Gasteiger partial charge in [0, 0.05) is 6.04 Å². The molecule has 0 spiro atoms. The Balaban J connectivity index is 2.13. The Morgan fingerprint density at radius 1 is 1.53 bits per heavy atom. The summed E-state index contributed by atoms with van der Waals surface area (Å²) < 4.78 is 30.7. The predicted molar refractivity (Wildman–Crippen MR) is 60.2 cm³/mol. The van der Waals surface area contributed by atoms with Crippen molar-refractivity contribution in [2.75, 3.05) is 11.1 Å². The minimum absolute atomic E-state index is 0.114. The maximum atomic E-state index is 11.5. The number of nitrogens with one attached hydrogen (secondary N) is 1. The molecular formula is C7H10ClN3O2S2. The van der Waals surface area contributed by atoms with Gasteiger partial charge < -0.3 is 5.32 Å². The van der Waals surface area contributed by atoms with E-state index in [1.165, 1.54) is 0 Å². The summed E-state index contributed by atoms with van der Waals surface area (Å²) in [7, 11) is -2.94. The third-order valence-corrected chi connectivity index (χ3v) is 5.78. The first-order chi connectivity index (χ1) is 7.00. The minimum atomic E-state index is -2.94. The lowest BCUT2D eigenvalue weighted by molar-refractivity contribution is 0.590. The molecule has 5 nitrogen and oxygen atoms in total. The van der Waals surface area contributed by atoms with Crippen molar-refractivity contribution in [3.05, 3.63) is 5.15 Å². The van der Waals surface area contributed by atoms with Gasteiger partial charge in [0.2, 0.25) is 0 Å². The number of rotatable bonds is 2. The van der Waals surface area contributed by atoms with Gasteiger partial charge >= 0.3 is 0 Å². The zero-order chi connectivity index (χ0) is 11.1. The van der Waals surface area contributed by atoms with Crippen LogP contribution >= 0.6 is 23.3 Å². The molecule has 1 aliphatic heterocycles. The number of halogens is 1. The van der Waals surface area contributed by atoms with Crippen LogP contribution in [0.5, 0.6) is 0 Å². The van der Waals surface area contributed by atoms with Crippen LogP contribution < -0.4 is 5.32 Å². The van der Waals surface area contributed by atoms with Gasteiger partial charge in [-0.05, 0) is 13.3 Å². The number of hydrogen-bond donors (Lipinski definition) is 1. The molecule has 2 heterocycles. The standard InChI is InChI=1S/C7H10ClN3O2S2/c1-4-5(2-3-15(4,12)13)9-7-6(8)10-14-11-7/h4-5H,2-3H2,1H3,(H,9,11). The van der Waals surface area contributed by atoms with Gasteiger partial charge in [-0.3, -0.25) is 0 Å². The van der Waals surface area contributed by atoms with Crippen LogP contribution in [0.15, 0.2) is 0 Å². The summed E-state index contributed by atoms with van der Waals surface area (Å²) in [6, 6.07) is -0.114. The van der Waals surface area contributed by atoms with E-state index in [0.717, 1.165) is 11.7 Å². The zero-order valence-corrected chi connectivity index (χ0v) is 10.4. The minimum Gasteiger partial charge on any atom is -0.363 e. The quantitative estimate of drug-likeness (QED) is 0.871. The summed E-state index contributed by atoms with van der Waals surface area (Å²) in [4.78, 5) is 0. The van der Waals surface area contributed by atoms with Crippen LogP contribution in [0.3, 0.4) is 0 Å². The number of sulfone groups is 1. The van der Waals surface area contributed by atoms with Crippen molar-refractivity contribution >= 4 is 39.0 Å². The van der Waals surface area contributed by atoms with E-state index in [4.69, 9.17) is 11.6 Å². The molecule has 0 amide bonds. The molecule has 0 saturated carbocycles. The van der Waals surface area contributed by atoms with Gasteiger partial charge in [-0.1, -0.05) is 11.6 Å². The first kappa shape index (κ1) is 11.1. The maximum Gasteiger partial charge on any atom is 0.186 e. The summed E-state index contributed by atoms with van der Waals surface area (Å²) in [6.07, 6.45) is 0.595. The third kappa shape index (κ3) is 2.09. The SMILES string of the molecule is CC1C(Nc2nsnc2Cl)CCS1(=O)=O. The Labute approximate surface area is 97.1 Å². The smallest absolute Gasteiger partial charge is 0.186 e. The van der Waals surface area contributed by atoms with Crippen LogP contribution in [0, 0.1) is 0 Å². The maximum absolute atomic E-state index is 11.5. The Kier molecular flexibility index (Phi) is 2.87. The molecule has 1 fully saturated rings. The molecule has 8 heteroatoms. The lowest BCUT2D eigenvalue weighted by atomic mass is 10.2. The van der Waals surface area contributed by atoms with E-state index in [1.54, 1.807) is 6.92 Å². The number of aromatic nitrogens is 2. The molecule has 2 atom stereocenters. The molecule has 1 aromatic heterocycles. The van der Waals surface area contributed by atoms with Crippen LogP contribution in [0.25, 0.3) is 0 Å². The fourth-order valence-corrected chi connectivity index (χ4v) is 3.91. The largest absolute Gasteiger partial charge is 0.363 e. The second kappa shape index (κ2) is 3.88. The van der Waals surface area contributed by atoms with Gasteiger partial charge in [-0.25, -0.2) is 8.42 Å². The van der Waals surface area contributed by atoms with Gasteiger partial charge in [0.15, 0.2) is 20.8 Å². The predicted octanol–water partition coefficient (Wildman–Crippen LogP) is 1.18. The lowest BCUT2D eigenvalue weighted by Crippen LogP contribution is -2.29. The van der Waals surface area contributed by atoms with Crippen molar-refractivity contribution < 1.29 is 8.42 Å². The normalized spacial score (nSPS) is 29.2. The topological polar surface area (TPSA) is 72.0 Å². The molecule has 15 heavy (non-hydrogen) atoms. The Morgan fingerprint density at radius 3 is 2.73 bits per heavy atom. The number of anilines is 1. The van der Waals surface area contributed by atoms with Crippen LogP contribution in [-0.4, -0.2) is 34.2 Å². The highest BCUT2D eigenvalue weighted by atomic mass is 35.5. The molecule has 2 unspecified atom stereocenters. The number of hydrogen-bond acceptors (Lipinski definition) is 6. The molecule has 2 rings (SSSR count). The van der Waals surface area contributed by atoms with Gasteiger partial charge in [-0.15, -0.1) is 0 Å². The van der Waals surface area contributed by atoms with Gasteiger partial charge in [0.1, 0.15) is 0 Å². The van der Waals surface area contributed by atoms with E-state index in [2.05, 4.69) is 14.1 Å². The highest BCUT2D eigenvalue weighted by Gasteiger charge is 2.37. The van der Waals surface area contributed by atoms with Crippen molar-refractivity contribution in [2.24, 2.45) is 0 Å². The summed E-state index contributed by atoms with van der Waals surface area (Å²) in [5, 5.41) is 2.93. The molecule has 0 bridgehead atoms. The van der Waals surface area contributed by atoms with E-state index in [9.17, 15) is 8.42 Å². The van der Waals surface area contributed by atoms with Gasteiger partial charge in [0.25, 0.3) is 0 Å². The van der Waals surface area contributed by atoms with Crippen molar-refractivity contribution in [2.45, 2.75) is 24.6 Å². The van der Waals surface area contributed by atoms with E-state index >= 15 is 0 Å². The molecule has 1 aliphatic rings. The zero-order valence-electron chi connectivity index (χ0n) is 7.97. The molecule has 1 N–H and O–H groups in total. The number of nitrogens with zero attached hydrogens (tertiary/aromatic N) is 2. The molecule has 1 saturated heterocycles. The van der Waals surface area contributed by atoms with E-state index < -0.39 is 15.1 Å². The molecule has 84 valence electrons. The van der Waals surface area contributed by atoms with Crippen LogP contribution in [0.1, 0.15) is 13.3 Å². The summed E-state index contributed by atoms with van der Waals surface area (Å²) in [6.45, 7) is 1.70. The van der Waals surface area contributed by atoms with Crippen molar-refractivity contribution in [3.63, 3.8) is 0 Å². The molecular weight excluding hydrogens is 258 g/mol. The summed E-state index contributed by atoms with van der Waals surface area (Å²) in [5.41, 5.74) is 0. The van der Waals surface area contributed by atoms with Gasteiger partial charge in [-0.2, -0.15) is 8.75 Å². The summed E-state index contributed by atoms with van der Waals surface area (Å²) >= 11 is 6.77. The molecule has 0 aliphatic carbocycles. The van der Waals surface area contributed by atoms with Crippen LogP contribution in [-0.2, 0) is 9.84 Å². The second-order valence-electron chi connectivity index (χ2n) is 3.52. The average Bonchev–Trinajstić information content (AvgIpc) is 2.66. The first-order valence-electron chi connectivity index (χ1n) is 4.47. The lowest BCUT2D eigenvalue weighted by Gasteiger charge is -2.15. The highest BCUT2D eigenvalue weighted by molar-refractivity contribution is 7.92. The van der Waals surface area contributed by atoms with Crippen LogP contribution in [0.2, 0.25) is 5.15 Å². The molecule has 1 aromatic rings. The van der Waals surface area contributed by atoms with E-state index in [-0.39, 0.29) is 11.8 Å². The Bertz CT molecular complexity index is 459.